The maximum atomic E-state index is 2.59. The van der Waals surface area contributed by atoms with E-state index in [-0.39, 0.29) is 43.3 Å². The van der Waals surface area contributed by atoms with Crippen molar-refractivity contribution in [2.75, 3.05) is 9.80 Å². The van der Waals surface area contributed by atoms with Gasteiger partial charge in [-0.1, -0.05) is 199 Å². The van der Waals surface area contributed by atoms with E-state index in [9.17, 15) is 0 Å². The Morgan fingerprint density at radius 1 is 0.250 bits per heavy atom. The fourth-order valence-electron chi connectivity index (χ4n) is 14.3. The van der Waals surface area contributed by atoms with Gasteiger partial charge in [-0.3, -0.25) is 0 Å². The zero-order valence-corrected chi connectivity index (χ0v) is 49.6. The molecule has 4 aliphatic carbocycles. The predicted molar refractivity (Wildman–Crippen MR) is 327 cm³/mol. The average Bonchev–Trinajstić information content (AvgIpc) is 3.93. The zero-order valence-electron chi connectivity index (χ0n) is 49.6. The van der Waals surface area contributed by atoms with E-state index in [0.29, 0.717) is 0 Å². The van der Waals surface area contributed by atoms with Gasteiger partial charge in [0.25, 0.3) is 0 Å². The highest BCUT2D eigenvalue weighted by molar-refractivity contribution is 6.19. The van der Waals surface area contributed by atoms with Crippen LogP contribution in [0.3, 0.4) is 0 Å². The summed E-state index contributed by atoms with van der Waals surface area (Å²) in [5.74, 6) is 0. The van der Waals surface area contributed by atoms with E-state index in [4.69, 9.17) is 0 Å². The van der Waals surface area contributed by atoms with Crippen LogP contribution in [-0.4, -0.2) is 0 Å². The summed E-state index contributed by atoms with van der Waals surface area (Å²) in [6.45, 7) is 47.9. The minimum Gasteiger partial charge on any atom is -0.310 e. The number of anilines is 6. The van der Waals surface area contributed by atoms with Crippen molar-refractivity contribution in [3.8, 4) is 22.3 Å². The molecule has 388 valence electrons. The highest BCUT2D eigenvalue weighted by atomic mass is 15.1. The summed E-state index contributed by atoms with van der Waals surface area (Å²) in [5, 5.41) is 2.98. The van der Waals surface area contributed by atoms with Gasteiger partial charge in [0, 0.05) is 55.8 Å². The van der Waals surface area contributed by atoms with Crippen molar-refractivity contribution in [1.29, 1.82) is 0 Å². The third-order valence-corrected chi connectivity index (χ3v) is 19.0. The van der Waals surface area contributed by atoms with Crippen LogP contribution < -0.4 is 9.80 Å². The lowest BCUT2D eigenvalue weighted by Crippen LogP contribution is -2.28. The van der Waals surface area contributed by atoms with E-state index in [2.05, 4.69) is 282 Å². The normalized spacial score (nSPS) is 16.8. The predicted octanol–water partition coefficient (Wildman–Crippen LogP) is 20.9. The van der Waals surface area contributed by atoms with Gasteiger partial charge in [-0.15, -0.1) is 0 Å². The molecule has 0 atom stereocenters. The van der Waals surface area contributed by atoms with Crippen LogP contribution in [0.5, 0.6) is 0 Å². The fourth-order valence-corrected chi connectivity index (χ4v) is 14.3. The molecule has 2 heteroatoms. The second-order valence-corrected chi connectivity index (χ2v) is 29.6. The zero-order chi connectivity index (χ0) is 54.6. The topological polar surface area (TPSA) is 6.48 Å². The molecular formula is C74H82N2. The lowest BCUT2D eigenvalue weighted by Gasteiger charge is -2.41. The third kappa shape index (κ3) is 7.03. The van der Waals surface area contributed by atoms with Gasteiger partial charge in [0.05, 0.1) is 0 Å². The maximum Gasteiger partial charge on any atom is 0.0468 e. The Hall–Kier alpha value is -6.38. The minimum absolute atomic E-state index is 0.0523. The lowest BCUT2D eigenvalue weighted by molar-refractivity contribution is 0.590. The first-order valence-corrected chi connectivity index (χ1v) is 28.3. The lowest BCUT2D eigenvalue weighted by atomic mass is 9.62. The van der Waals surface area contributed by atoms with Gasteiger partial charge in [0.2, 0.25) is 0 Å². The summed E-state index contributed by atoms with van der Waals surface area (Å²) in [7, 11) is 0. The molecule has 0 heterocycles. The SMILES string of the molecule is CC(C)(C)c1ccc(N(c2ccc(C(C)(C)C)cc2)c2cc3c4c(c2)C(C)(C)c2ccc5c6c7c(c(c-4c26)C3(C)C)C(C)(C)c2cc(N(c3ccc(C(C)(C)C)cc3)c3ccc(C(C)(C)C)cc3)cc(c2-7)C5(C)C)cc1. The van der Waals surface area contributed by atoms with E-state index >= 15 is 0 Å². The largest absolute Gasteiger partial charge is 0.310 e. The highest BCUT2D eigenvalue weighted by Gasteiger charge is 2.55. The van der Waals surface area contributed by atoms with Gasteiger partial charge < -0.3 is 9.80 Å². The summed E-state index contributed by atoms with van der Waals surface area (Å²) < 4.78 is 0. The number of rotatable bonds is 6. The molecule has 4 aliphatic rings. The van der Waals surface area contributed by atoms with Gasteiger partial charge in [0.1, 0.15) is 0 Å². The fraction of sp³-hybridized carbons (Fsp3) is 0.378. The summed E-state index contributed by atoms with van der Waals surface area (Å²) in [4.78, 5) is 5.07. The Kier molecular flexibility index (Phi) is 10.4. The first-order valence-electron chi connectivity index (χ1n) is 28.3. The van der Waals surface area contributed by atoms with Gasteiger partial charge in [0.15, 0.2) is 0 Å². The minimum atomic E-state index is -0.300. The molecule has 0 N–H and O–H groups in total. The van der Waals surface area contributed by atoms with Crippen molar-refractivity contribution in [2.24, 2.45) is 0 Å². The molecule has 0 aliphatic heterocycles. The van der Waals surface area contributed by atoms with E-state index in [1.54, 1.807) is 0 Å². The molecule has 12 rings (SSSR count). The van der Waals surface area contributed by atoms with Crippen molar-refractivity contribution in [1.82, 2.24) is 0 Å². The Labute approximate surface area is 456 Å². The summed E-state index contributed by atoms with van der Waals surface area (Å²) >= 11 is 0. The molecule has 0 saturated heterocycles. The molecule has 8 aromatic carbocycles. The molecule has 0 aromatic heterocycles. The van der Waals surface area contributed by atoms with Crippen LogP contribution in [-0.2, 0) is 43.3 Å². The van der Waals surface area contributed by atoms with Crippen molar-refractivity contribution >= 4 is 44.9 Å². The van der Waals surface area contributed by atoms with Crippen molar-refractivity contribution < 1.29 is 0 Å². The second-order valence-electron chi connectivity index (χ2n) is 29.6. The van der Waals surface area contributed by atoms with Crippen LogP contribution in [0.25, 0.3) is 33.0 Å². The number of fused-ring (bicyclic) bond motifs is 1. The van der Waals surface area contributed by atoms with Crippen LogP contribution in [0.1, 0.15) is 205 Å². The summed E-state index contributed by atoms with van der Waals surface area (Å²) in [6.07, 6.45) is 0. The molecule has 2 nitrogen and oxygen atoms in total. The molecule has 8 aromatic rings. The number of nitrogens with zero attached hydrogens (tertiary/aromatic N) is 2. The van der Waals surface area contributed by atoms with Gasteiger partial charge in [-0.25, -0.2) is 0 Å². The van der Waals surface area contributed by atoms with Crippen LogP contribution >= 0.6 is 0 Å². The molecule has 0 amide bonds. The number of hydrogen-bond donors (Lipinski definition) is 0. The van der Waals surface area contributed by atoms with Gasteiger partial charge in [-0.05, 0) is 194 Å². The second kappa shape index (κ2) is 15.6. The Balaban J connectivity index is 1.11. The number of hydrogen-bond acceptors (Lipinski definition) is 2. The standard InChI is InChI=1S/C74H82N2/c1-67(2,3)43-21-29-47(30-22-43)75(48-31-23-44(24-32-48)68(4,5)6)51-39-55-59-57(41-51)73(17,18)65-63(59)61-53(71(55,13)14)37-38-54-62(61)64-60-56(72(54,15)16)40-52(42-58(60)74(19,20)66(64)65)76(49-33-25-45(26-34-49)69(7,8)9)50-35-27-46(28-36-50)70(10,11)12/h21-42H,1-20H3. The summed E-state index contributed by atoms with van der Waals surface area (Å²) in [6, 6.07) is 52.9. The molecule has 0 unspecified atom stereocenters. The molecule has 0 fully saturated rings. The molecule has 76 heavy (non-hydrogen) atoms. The van der Waals surface area contributed by atoms with E-state index in [0.717, 1.165) is 0 Å². The first-order chi connectivity index (χ1) is 35.2. The Morgan fingerprint density at radius 2 is 0.474 bits per heavy atom. The monoisotopic (exact) mass is 999 g/mol. The molecular weight excluding hydrogens is 917 g/mol. The Bertz CT molecular complexity index is 3370. The van der Waals surface area contributed by atoms with E-state index in [1.165, 1.54) is 134 Å². The number of benzene rings is 8. The molecule has 0 spiro atoms. The maximum absolute atomic E-state index is 2.59. The smallest absolute Gasteiger partial charge is 0.0468 e. The van der Waals surface area contributed by atoms with Crippen molar-refractivity contribution in [3.05, 3.63) is 200 Å². The third-order valence-electron chi connectivity index (χ3n) is 19.0. The first kappa shape index (κ1) is 50.4. The van der Waals surface area contributed by atoms with E-state index in [1.807, 2.05) is 0 Å². The van der Waals surface area contributed by atoms with E-state index < -0.39 is 0 Å². The molecule has 0 saturated carbocycles. The van der Waals surface area contributed by atoms with Crippen molar-refractivity contribution in [3.63, 3.8) is 0 Å². The van der Waals surface area contributed by atoms with Crippen LogP contribution in [0.15, 0.2) is 133 Å². The molecule has 0 radical (unpaired) electrons. The van der Waals surface area contributed by atoms with Crippen molar-refractivity contribution in [2.45, 2.75) is 182 Å². The quantitative estimate of drug-likeness (QED) is 0.164. The Morgan fingerprint density at radius 3 is 0.697 bits per heavy atom. The van der Waals surface area contributed by atoms with Crippen LogP contribution in [0.2, 0.25) is 0 Å². The highest BCUT2D eigenvalue weighted by Crippen LogP contribution is 2.70. The van der Waals surface area contributed by atoms with Gasteiger partial charge in [-0.2, -0.15) is 0 Å². The average molecular weight is 999 g/mol. The molecule has 0 bridgehead atoms. The van der Waals surface area contributed by atoms with Crippen LogP contribution in [0.4, 0.5) is 34.1 Å². The summed E-state index contributed by atoms with van der Waals surface area (Å²) in [5.41, 5.74) is 29.1. The van der Waals surface area contributed by atoms with Crippen LogP contribution in [0, 0.1) is 0 Å². The van der Waals surface area contributed by atoms with Gasteiger partial charge >= 0.3 is 0 Å².